The van der Waals surface area contributed by atoms with Crippen LogP contribution in [0.2, 0.25) is 0 Å². The Morgan fingerprint density at radius 3 is 2.90 bits per heavy atom. The summed E-state index contributed by atoms with van der Waals surface area (Å²) in [5.74, 6) is 0.541. The summed E-state index contributed by atoms with van der Waals surface area (Å²) < 4.78 is 1.65. The van der Waals surface area contributed by atoms with Crippen molar-refractivity contribution in [2.45, 2.75) is 19.3 Å². The number of nitrogens with one attached hydrogen (secondary N) is 2. The average Bonchev–Trinajstić information content (AvgIpc) is 3.03. The van der Waals surface area contributed by atoms with E-state index in [1.165, 1.54) is 0 Å². The van der Waals surface area contributed by atoms with Crippen LogP contribution in [0.5, 0.6) is 0 Å². The first-order valence-corrected chi connectivity index (χ1v) is 7.29. The van der Waals surface area contributed by atoms with Gasteiger partial charge in [0.05, 0.1) is 23.8 Å². The lowest BCUT2D eigenvalue weighted by Gasteiger charge is -2.22. The third-order valence-electron chi connectivity index (χ3n) is 3.78. The Hall–Kier alpha value is -2.21. The van der Waals surface area contributed by atoms with E-state index in [0.717, 1.165) is 37.3 Å². The molecule has 0 aliphatic carbocycles. The Bertz CT molecular complexity index is 590. The highest BCUT2D eigenvalue weighted by Gasteiger charge is 2.17. The summed E-state index contributed by atoms with van der Waals surface area (Å²) >= 11 is 0. The molecule has 1 aromatic heterocycles. The number of hydrogen-bond donors (Lipinski definition) is 2. The van der Waals surface area contributed by atoms with Crippen LogP contribution in [0.4, 0.5) is 5.69 Å². The summed E-state index contributed by atoms with van der Waals surface area (Å²) in [6.07, 6.45) is 6.09. The predicted molar refractivity (Wildman–Crippen MR) is 80.2 cm³/mol. The molecule has 110 valence electrons. The first-order chi connectivity index (χ1) is 10.3. The Morgan fingerprint density at radius 2 is 2.14 bits per heavy atom. The number of piperidine rings is 1. The van der Waals surface area contributed by atoms with Crippen molar-refractivity contribution in [2.24, 2.45) is 5.92 Å². The van der Waals surface area contributed by atoms with Crippen LogP contribution in [0.1, 0.15) is 19.3 Å². The van der Waals surface area contributed by atoms with Gasteiger partial charge in [0.25, 0.3) is 0 Å². The van der Waals surface area contributed by atoms with Crippen LogP contribution in [0.15, 0.2) is 36.7 Å². The van der Waals surface area contributed by atoms with Crippen LogP contribution in [0.25, 0.3) is 5.69 Å². The van der Waals surface area contributed by atoms with E-state index in [2.05, 4.69) is 20.9 Å². The molecule has 1 amide bonds. The van der Waals surface area contributed by atoms with E-state index in [4.69, 9.17) is 0 Å². The Kier molecular flexibility index (Phi) is 4.25. The fraction of sp³-hybridized carbons (Fsp3) is 0.400. The van der Waals surface area contributed by atoms with Gasteiger partial charge < -0.3 is 10.6 Å². The molecule has 2 aromatic rings. The summed E-state index contributed by atoms with van der Waals surface area (Å²) in [4.78, 5) is 12.2. The van der Waals surface area contributed by atoms with Gasteiger partial charge in [0.15, 0.2) is 0 Å². The number of rotatable bonds is 4. The van der Waals surface area contributed by atoms with E-state index in [0.29, 0.717) is 12.3 Å². The molecule has 1 aliphatic heterocycles. The molecule has 0 bridgehead atoms. The molecule has 6 nitrogen and oxygen atoms in total. The second-order valence-electron chi connectivity index (χ2n) is 5.31. The number of benzene rings is 1. The van der Waals surface area contributed by atoms with E-state index in [1.54, 1.807) is 17.1 Å². The second kappa shape index (κ2) is 6.49. The molecule has 0 spiro atoms. The van der Waals surface area contributed by atoms with Crippen LogP contribution < -0.4 is 10.6 Å². The number of hydrogen-bond acceptors (Lipinski definition) is 4. The van der Waals surface area contributed by atoms with Gasteiger partial charge in [0.1, 0.15) is 0 Å². The summed E-state index contributed by atoms with van der Waals surface area (Å²) in [6.45, 7) is 2.01. The predicted octanol–water partition coefficient (Wildman–Crippen LogP) is 1.60. The highest BCUT2D eigenvalue weighted by molar-refractivity contribution is 5.92. The highest BCUT2D eigenvalue weighted by Crippen LogP contribution is 2.21. The van der Waals surface area contributed by atoms with Gasteiger partial charge in [-0.1, -0.05) is 17.3 Å². The maximum absolute atomic E-state index is 12.2. The normalized spacial score (nSPS) is 15.8. The van der Waals surface area contributed by atoms with Gasteiger partial charge in [-0.3, -0.25) is 4.79 Å². The monoisotopic (exact) mass is 285 g/mol. The SMILES string of the molecule is O=C(CC1CCNCC1)Nc1ccccc1-n1ccnn1. The van der Waals surface area contributed by atoms with E-state index in [-0.39, 0.29) is 5.91 Å². The van der Waals surface area contributed by atoms with Crippen molar-refractivity contribution in [1.82, 2.24) is 20.3 Å². The van der Waals surface area contributed by atoms with Gasteiger partial charge in [-0.2, -0.15) is 0 Å². The average molecular weight is 285 g/mol. The van der Waals surface area contributed by atoms with Crippen molar-refractivity contribution in [2.75, 3.05) is 18.4 Å². The molecular weight excluding hydrogens is 266 g/mol. The molecule has 3 rings (SSSR count). The third kappa shape index (κ3) is 3.46. The van der Waals surface area contributed by atoms with E-state index in [9.17, 15) is 4.79 Å². The van der Waals surface area contributed by atoms with Crippen LogP contribution >= 0.6 is 0 Å². The highest BCUT2D eigenvalue weighted by atomic mass is 16.1. The first-order valence-electron chi connectivity index (χ1n) is 7.29. The molecule has 2 heterocycles. The zero-order valence-corrected chi connectivity index (χ0v) is 11.8. The smallest absolute Gasteiger partial charge is 0.224 e. The minimum atomic E-state index is 0.0643. The molecule has 1 aliphatic rings. The van der Waals surface area contributed by atoms with Gasteiger partial charge >= 0.3 is 0 Å². The molecule has 0 radical (unpaired) electrons. The van der Waals surface area contributed by atoms with E-state index >= 15 is 0 Å². The first kappa shape index (κ1) is 13.8. The number of carbonyl (C=O) groups excluding carboxylic acids is 1. The topological polar surface area (TPSA) is 71.8 Å². The van der Waals surface area contributed by atoms with Crippen LogP contribution in [-0.2, 0) is 4.79 Å². The summed E-state index contributed by atoms with van der Waals surface area (Å²) in [5, 5.41) is 14.1. The minimum absolute atomic E-state index is 0.0643. The summed E-state index contributed by atoms with van der Waals surface area (Å²) in [5.41, 5.74) is 1.59. The van der Waals surface area contributed by atoms with Crippen molar-refractivity contribution in [3.63, 3.8) is 0 Å². The van der Waals surface area contributed by atoms with Gasteiger partial charge in [-0.15, -0.1) is 5.10 Å². The van der Waals surface area contributed by atoms with Crippen molar-refractivity contribution in [3.05, 3.63) is 36.7 Å². The molecule has 0 saturated carbocycles. The lowest BCUT2D eigenvalue weighted by molar-refractivity contribution is -0.117. The zero-order chi connectivity index (χ0) is 14.5. The molecule has 0 atom stereocenters. The molecule has 6 heteroatoms. The van der Waals surface area contributed by atoms with Crippen LogP contribution in [-0.4, -0.2) is 34.0 Å². The lowest BCUT2D eigenvalue weighted by Crippen LogP contribution is -2.30. The molecular formula is C15H19N5O. The minimum Gasteiger partial charge on any atom is -0.324 e. The van der Waals surface area contributed by atoms with Crippen LogP contribution in [0.3, 0.4) is 0 Å². The fourth-order valence-corrected chi connectivity index (χ4v) is 2.67. The number of carbonyl (C=O) groups is 1. The Labute approximate surface area is 123 Å². The quantitative estimate of drug-likeness (QED) is 0.895. The molecule has 1 fully saturated rings. The van der Waals surface area contributed by atoms with Gasteiger partial charge in [-0.05, 0) is 44.0 Å². The van der Waals surface area contributed by atoms with Crippen molar-refractivity contribution < 1.29 is 4.79 Å². The fourth-order valence-electron chi connectivity index (χ4n) is 2.67. The molecule has 21 heavy (non-hydrogen) atoms. The van der Waals surface area contributed by atoms with Gasteiger partial charge in [0.2, 0.25) is 5.91 Å². The number of aromatic nitrogens is 3. The third-order valence-corrected chi connectivity index (χ3v) is 3.78. The van der Waals surface area contributed by atoms with E-state index in [1.807, 2.05) is 24.3 Å². The summed E-state index contributed by atoms with van der Waals surface area (Å²) in [6, 6.07) is 7.62. The molecule has 2 N–H and O–H groups in total. The van der Waals surface area contributed by atoms with Gasteiger partial charge in [-0.25, -0.2) is 4.68 Å². The number of anilines is 1. The van der Waals surface area contributed by atoms with Crippen LogP contribution in [0, 0.1) is 5.92 Å². The van der Waals surface area contributed by atoms with Crippen molar-refractivity contribution in [1.29, 1.82) is 0 Å². The standard InChI is InChI=1S/C15H19N5O/c21-15(11-12-5-7-16-8-6-12)18-13-3-1-2-4-14(13)20-10-9-17-19-20/h1-4,9-10,12,16H,5-8,11H2,(H,18,21). The van der Waals surface area contributed by atoms with Gasteiger partial charge in [0, 0.05) is 6.42 Å². The Balaban J connectivity index is 1.68. The lowest BCUT2D eigenvalue weighted by atomic mass is 9.94. The summed E-state index contributed by atoms with van der Waals surface area (Å²) in [7, 11) is 0. The molecule has 1 saturated heterocycles. The number of amides is 1. The number of para-hydroxylation sites is 2. The van der Waals surface area contributed by atoms with E-state index < -0.39 is 0 Å². The second-order valence-corrected chi connectivity index (χ2v) is 5.31. The molecule has 1 aromatic carbocycles. The van der Waals surface area contributed by atoms with Crippen molar-refractivity contribution >= 4 is 11.6 Å². The number of nitrogens with zero attached hydrogens (tertiary/aromatic N) is 3. The maximum Gasteiger partial charge on any atom is 0.224 e. The Morgan fingerprint density at radius 1 is 1.33 bits per heavy atom. The maximum atomic E-state index is 12.2. The van der Waals surface area contributed by atoms with Crippen molar-refractivity contribution in [3.8, 4) is 5.69 Å². The molecule has 0 unspecified atom stereocenters. The zero-order valence-electron chi connectivity index (χ0n) is 11.8. The largest absolute Gasteiger partial charge is 0.324 e.